The second kappa shape index (κ2) is 8.56. The first-order chi connectivity index (χ1) is 12.6. The molecule has 1 aliphatic heterocycles. The molecule has 1 aromatic carbocycles. The van der Waals surface area contributed by atoms with E-state index < -0.39 is 0 Å². The van der Waals surface area contributed by atoms with E-state index in [-0.39, 0.29) is 11.8 Å². The second-order valence-electron chi connectivity index (χ2n) is 6.75. The number of carbonyl (C=O) groups excluding carboxylic acids is 1. The molecule has 0 spiro atoms. The molecule has 1 aliphatic rings. The van der Waals surface area contributed by atoms with Gasteiger partial charge in [-0.3, -0.25) is 0 Å². The maximum absolute atomic E-state index is 12.2. The molecule has 0 bridgehead atoms. The number of carbonyl (C=O) groups is 1. The van der Waals surface area contributed by atoms with Crippen LogP contribution in [0.4, 0.5) is 10.6 Å². The highest BCUT2D eigenvalue weighted by molar-refractivity contribution is 5.73. The topological polar surface area (TPSA) is 68.7 Å². The summed E-state index contributed by atoms with van der Waals surface area (Å²) in [4.78, 5) is 20.7. The lowest BCUT2D eigenvalue weighted by molar-refractivity contribution is 0.206. The van der Waals surface area contributed by atoms with E-state index in [2.05, 4.69) is 15.2 Å². The highest BCUT2D eigenvalue weighted by atomic mass is 16.3. The average Bonchev–Trinajstić information content (AvgIpc) is 2.69. The van der Waals surface area contributed by atoms with Gasteiger partial charge in [-0.25, -0.2) is 9.78 Å². The lowest BCUT2D eigenvalue weighted by Gasteiger charge is -2.27. The van der Waals surface area contributed by atoms with Gasteiger partial charge in [-0.15, -0.1) is 0 Å². The van der Waals surface area contributed by atoms with Crippen LogP contribution in [0.2, 0.25) is 0 Å². The molecule has 138 valence electrons. The maximum Gasteiger partial charge on any atom is 0.317 e. The number of nitrogens with zero attached hydrogens (tertiary/aromatic N) is 3. The van der Waals surface area contributed by atoms with Crippen LogP contribution < -0.4 is 10.2 Å². The molecule has 1 saturated heterocycles. The van der Waals surface area contributed by atoms with Crippen LogP contribution in [0.15, 0.2) is 42.6 Å². The molecule has 2 aromatic rings. The van der Waals surface area contributed by atoms with E-state index in [9.17, 15) is 9.90 Å². The number of benzene rings is 1. The quantitative estimate of drug-likeness (QED) is 0.866. The SMILES string of the molecule is CN(Cc1ccc(O)cc1)C(=O)NCc1ccc(N2CCCCC2)nc1. The molecule has 0 aliphatic carbocycles. The fourth-order valence-electron chi connectivity index (χ4n) is 3.09. The number of nitrogens with one attached hydrogen (secondary N) is 1. The minimum absolute atomic E-state index is 0.141. The Balaban J connectivity index is 1.48. The van der Waals surface area contributed by atoms with E-state index in [4.69, 9.17) is 0 Å². The fraction of sp³-hybridized carbons (Fsp3) is 0.400. The van der Waals surface area contributed by atoms with E-state index in [0.29, 0.717) is 13.1 Å². The second-order valence-corrected chi connectivity index (χ2v) is 6.75. The van der Waals surface area contributed by atoms with Gasteiger partial charge in [0.2, 0.25) is 0 Å². The van der Waals surface area contributed by atoms with Crippen LogP contribution in [0.25, 0.3) is 0 Å². The molecule has 6 nitrogen and oxygen atoms in total. The molecule has 2 amide bonds. The lowest BCUT2D eigenvalue weighted by atomic mass is 10.1. The van der Waals surface area contributed by atoms with Crippen molar-refractivity contribution in [2.24, 2.45) is 0 Å². The van der Waals surface area contributed by atoms with Crippen molar-refractivity contribution < 1.29 is 9.90 Å². The zero-order valence-corrected chi connectivity index (χ0v) is 15.2. The highest BCUT2D eigenvalue weighted by Crippen LogP contribution is 2.17. The van der Waals surface area contributed by atoms with Gasteiger partial charge in [-0.2, -0.15) is 0 Å². The molecule has 6 heteroatoms. The largest absolute Gasteiger partial charge is 0.508 e. The minimum Gasteiger partial charge on any atom is -0.508 e. The Bertz CT molecular complexity index is 710. The third kappa shape index (κ3) is 4.88. The summed E-state index contributed by atoms with van der Waals surface area (Å²) in [7, 11) is 1.75. The lowest BCUT2D eigenvalue weighted by Crippen LogP contribution is -2.36. The summed E-state index contributed by atoms with van der Waals surface area (Å²) in [6.45, 7) is 3.08. The molecular weight excluding hydrogens is 328 g/mol. The van der Waals surface area contributed by atoms with Crippen LogP contribution in [-0.2, 0) is 13.1 Å². The van der Waals surface area contributed by atoms with Gasteiger partial charge in [0.15, 0.2) is 0 Å². The number of rotatable bonds is 5. The molecule has 0 saturated carbocycles. The van der Waals surface area contributed by atoms with Crippen molar-refractivity contribution in [3.63, 3.8) is 0 Å². The predicted molar refractivity (Wildman–Crippen MR) is 102 cm³/mol. The van der Waals surface area contributed by atoms with Gasteiger partial charge in [0.1, 0.15) is 11.6 Å². The van der Waals surface area contributed by atoms with Crippen LogP contribution in [0.1, 0.15) is 30.4 Å². The predicted octanol–water partition coefficient (Wildman–Crippen LogP) is 3.12. The van der Waals surface area contributed by atoms with Crippen molar-refractivity contribution in [2.75, 3.05) is 25.0 Å². The smallest absolute Gasteiger partial charge is 0.317 e. The van der Waals surface area contributed by atoms with Crippen molar-refractivity contribution in [2.45, 2.75) is 32.4 Å². The molecule has 0 unspecified atom stereocenters. The number of aromatic hydroxyl groups is 1. The molecule has 2 N–H and O–H groups in total. The van der Waals surface area contributed by atoms with Crippen LogP contribution in [0.3, 0.4) is 0 Å². The number of phenols is 1. The zero-order chi connectivity index (χ0) is 18.4. The van der Waals surface area contributed by atoms with Gasteiger partial charge in [-0.05, 0) is 48.6 Å². The molecule has 0 radical (unpaired) electrons. The van der Waals surface area contributed by atoms with E-state index in [0.717, 1.165) is 30.0 Å². The van der Waals surface area contributed by atoms with Crippen LogP contribution >= 0.6 is 0 Å². The third-order valence-corrected chi connectivity index (χ3v) is 4.64. The number of piperidine rings is 1. The van der Waals surface area contributed by atoms with E-state index in [1.807, 2.05) is 30.5 Å². The summed E-state index contributed by atoms with van der Waals surface area (Å²) < 4.78 is 0. The molecule has 26 heavy (non-hydrogen) atoms. The first kappa shape index (κ1) is 18.0. The molecular formula is C20H26N4O2. The summed E-state index contributed by atoms with van der Waals surface area (Å²) in [5, 5.41) is 12.2. The van der Waals surface area contributed by atoms with Crippen molar-refractivity contribution in [3.8, 4) is 5.75 Å². The van der Waals surface area contributed by atoms with Crippen molar-refractivity contribution in [1.29, 1.82) is 0 Å². The molecule has 0 atom stereocenters. The van der Waals surface area contributed by atoms with E-state index in [1.165, 1.54) is 19.3 Å². The van der Waals surface area contributed by atoms with Gasteiger partial charge >= 0.3 is 6.03 Å². The normalized spacial score (nSPS) is 14.1. The Morgan fingerprint density at radius 1 is 1.12 bits per heavy atom. The van der Waals surface area contributed by atoms with Crippen LogP contribution in [-0.4, -0.2) is 41.2 Å². The van der Waals surface area contributed by atoms with Gasteiger partial charge in [0, 0.05) is 39.4 Å². The average molecular weight is 354 g/mol. The number of hydrogen-bond donors (Lipinski definition) is 2. The zero-order valence-electron chi connectivity index (χ0n) is 15.2. The molecule has 3 rings (SSSR count). The number of amides is 2. The molecule has 1 aromatic heterocycles. The first-order valence-corrected chi connectivity index (χ1v) is 9.08. The summed E-state index contributed by atoms with van der Waals surface area (Å²) in [5.74, 6) is 1.24. The number of urea groups is 1. The van der Waals surface area contributed by atoms with Gasteiger partial charge in [-0.1, -0.05) is 18.2 Å². The number of pyridine rings is 1. The van der Waals surface area contributed by atoms with Gasteiger partial charge < -0.3 is 20.2 Å². The Hall–Kier alpha value is -2.76. The summed E-state index contributed by atoms with van der Waals surface area (Å²) in [6, 6.07) is 10.8. The maximum atomic E-state index is 12.2. The summed E-state index contributed by atoms with van der Waals surface area (Å²) in [6.07, 6.45) is 5.60. The van der Waals surface area contributed by atoms with Crippen LogP contribution in [0, 0.1) is 0 Å². The number of hydrogen-bond acceptors (Lipinski definition) is 4. The Morgan fingerprint density at radius 3 is 2.46 bits per heavy atom. The molecule has 1 fully saturated rings. The van der Waals surface area contributed by atoms with E-state index in [1.54, 1.807) is 24.1 Å². The van der Waals surface area contributed by atoms with E-state index >= 15 is 0 Å². The van der Waals surface area contributed by atoms with Crippen molar-refractivity contribution in [3.05, 3.63) is 53.7 Å². The Kier molecular flexibility index (Phi) is 5.94. The Labute approximate surface area is 154 Å². The highest BCUT2D eigenvalue weighted by Gasteiger charge is 2.12. The standard InChI is InChI=1S/C20H26N4O2/c1-23(15-16-5-8-18(25)9-6-16)20(26)22-14-17-7-10-19(21-13-17)24-11-3-2-4-12-24/h5-10,13,25H,2-4,11-12,14-15H2,1H3,(H,22,26). The number of aromatic nitrogens is 1. The van der Waals surface area contributed by atoms with Crippen molar-refractivity contribution in [1.82, 2.24) is 15.2 Å². The fourth-order valence-corrected chi connectivity index (χ4v) is 3.09. The summed E-state index contributed by atoms with van der Waals surface area (Å²) >= 11 is 0. The van der Waals surface area contributed by atoms with Gasteiger partial charge in [0.05, 0.1) is 0 Å². The summed E-state index contributed by atoms with van der Waals surface area (Å²) in [5.41, 5.74) is 1.95. The van der Waals surface area contributed by atoms with Crippen LogP contribution in [0.5, 0.6) is 5.75 Å². The number of phenolic OH excluding ortho intramolecular Hbond substituents is 1. The Morgan fingerprint density at radius 2 is 1.81 bits per heavy atom. The molecule has 2 heterocycles. The first-order valence-electron chi connectivity index (χ1n) is 9.08. The van der Waals surface area contributed by atoms with Crippen molar-refractivity contribution >= 4 is 11.8 Å². The minimum atomic E-state index is -0.141. The van der Waals surface area contributed by atoms with Gasteiger partial charge in [0.25, 0.3) is 0 Å². The monoisotopic (exact) mass is 354 g/mol. The number of anilines is 1. The third-order valence-electron chi connectivity index (χ3n) is 4.64.